The van der Waals surface area contributed by atoms with Crippen LogP contribution in [0.15, 0.2) is 30.3 Å². The largest absolute Gasteiger partial charge is 0.491 e. The monoisotopic (exact) mass is 291 g/mol. The first-order valence-corrected chi connectivity index (χ1v) is 7.90. The predicted octanol–water partition coefficient (Wildman–Crippen LogP) is 3.63. The van der Waals surface area contributed by atoms with E-state index in [1.165, 1.54) is 0 Å². The second-order valence-corrected chi connectivity index (χ2v) is 5.44. The minimum absolute atomic E-state index is 0.0961. The maximum atomic E-state index is 10.0. The Bertz CT molecular complexity index is 410. The van der Waals surface area contributed by atoms with Gasteiger partial charge in [-0.25, -0.2) is 0 Å². The molecule has 3 atom stereocenters. The first kappa shape index (κ1) is 17.7. The first-order valence-electron chi connectivity index (χ1n) is 7.90. The van der Waals surface area contributed by atoms with Gasteiger partial charge in [-0.15, -0.1) is 0 Å². The molecule has 0 saturated heterocycles. The molecule has 0 bridgehead atoms. The van der Waals surface area contributed by atoms with Gasteiger partial charge >= 0.3 is 0 Å². The number of benzene rings is 1. The minimum Gasteiger partial charge on any atom is -0.491 e. The molecule has 1 aromatic carbocycles. The zero-order valence-electron chi connectivity index (χ0n) is 13.7. The average Bonchev–Trinajstić information content (AvgIpc) is 2.48. The number of likely N-dealkylation sites (N-methyl/N-ethyl adjacent to an activating group) is 1. The zero-order chi connectivity index (χ0) is 15.7. The number of hydrogen-bond donors (Lipinski definition) is 2. The molecule has 0 aliphatic carbocycles. The molecule has 0 aliphatic rings. The van der Waals surface area contributed by atoms with E-state index < -0.39 is 6.10 Å². The molecule has 0 saturated carbocycles. The van der Waals surface area contributed by atoms with E-state index in [1.807, 2.05) is 43.5 Å². The highest BCUT2D eigenvalue weighted by molar-refractivity contribution is 5.51. The van der Waals surface area contributed by atoms with Gasteiger partial charge in [0.05, 0.1) is 12.2 Å². The number of hydrogen-bond acceptors (Lipinski definition) is 3. The number of rotatable bonds is 9. The molecule has 0 heterocycles. The van der Waals surface area contributed by atoms with Gasteiger partial charge in [0, 0.05) is 6.04 Å². The molecule has 1 unspecified atom stereocenters. The molecule has 0 aromatic heterocycles. The third-order valence-electron chi connectivity index (χ3n) is 3.62. The van der Waals surface area contributed by atoms with Crippen LogP contribution in [0.2, 0.25) is 0 Å². The van der Waals surface area contributed by atoms with E-state index in [0.29, 0.717) is 0 Å². The summed E-state index contributed by atoms with van der Waals surface area (Å²) in [5.74, 6) is 0.898. The molecule has 3 heteroatoms. The van der Waals surface area contributed by atoms with Gasteiger partial charge in [0.1, 0.15) is 5.75 Å². The number of ether oxygens (including phenoxy) is 1. The summed E-state index contributed by atoms with van der Waals surface area (Å²) < 4.78 is 5.82. The van der Waals surface area contributed by atoms with Crippen molar-refractivity contribution in [2.45, 2.75) is 58.3 Å². The van der Waals surface area contributed by atoms with Crippen molar-refractivity contribution in [3.8, 4) is 5.75 Å². The second-order valence-electron chi connectivity index (χ2n) is 5.44. The average molecular weight is 291 g/mol. The maximum Gasteiger partial charge on any atom is 0.119 e. The lowest BCUT2D eigenvalue weighted by atomic mass is 10.1. The van der Waals surface area contributed by atoms with Crippen LogP contribution >= 0.6 is 0 Å². The summed E-state index contributed by atoms with van der Waals surface area (Å²) in [6, 6.07) is 8.08. The third kappa shape index (κ3) is 6.32. The number of aliphatic hydroxyl groups is 1. The van der Waals surface area contributed by atoms with Crippen LogP contribution in [-0.4, -0.2) is 30.4 Å². The molecule has 0 aliphatic heterocycles. The number of aliphatic hydroxyl groups excluding tert-OH is 1. The molecule has 2 N–H and O–H groups in total. The highest BCUT2D eigenvalue weighted by Crippen LogP contribution is 2.16. The van der Waals surface area contributed by atoms with Crippen molar-refractivity contribution in [1.82, 2.24) is 5.32 Å². The summed E-state index contributed by atoms with van der Waals surface area (Å²) >= 11 is 0. The van der Waals surface area contributed by atoms with Crippen molar-refractivity contribution >= 4 is 6.08 Å². The van der Waals surface area contributed by atoms with Crippen LogP contribution in [0, 0.1) is 0 Å². The van der Waals surface area contributed by atoms with Gasteiger partial charge < -0.3 is 15.2 Å². The Morgan fingerprint density at radius 3 is 2.43 bits per heavy atom. The van der Waals surface area contributed by atoms with Crippen LogP contribution in [0.3, 0.4) is 0 Å². The van der Waals surface area contributed by atoms with Gasteiger partial charge in [-0.05, 0) is 44.5 Å². The van der Waals surface area contributed by atoms with Crippen LogP contribution < -0.4 is 10.1 Å². The first-order chi connectivity index (χ1) is 10.1. The lowest BCUT2D eigenvalue weighted by Crippen LogP contribution is -2.35. The van der Waals surface area contributed by atoms with E-state index in [0.717, 1.165) is 30.6 Å². The van der Waals surface area contributed by atoms with E-state index in [1.54, 1.807) is 0 Å². The molecule has 0 radical (unpaired) electrons. The van der Waals surface area contributed by atoms with Crippen LogP contribution in [0.4, 0.5) is 0 Å². The van der Waals surface area contributed by atoms with Crippen molar-refractivity contribution in [3.63, 3.8) is 0 Å². The Morgan fingerprint density at radius 1 is 1.24 bits per heavy atom. The summed E-state index contributed by atoms with van der Waals surface area (Å²) in [6.45, 7) is 6.31. The quantitative estimate of drug-likeness (QED) is 0.730. The fourth-order valence-electron chi connectivity index (χ4n) is 2.32. The Labute approximate surface area is 129 Å². The van der Waals surface area contributed by atoms with E-state index in [9.17, 15) is 5.11 Å². The van der Waals surface area contributed by atoms with Gasteiger partial charge in [0.2, 0.25) is 0 Å². The lowest BCUT2D eigenvalue weighted by Gasteiger charge is -2.17. The van der Waals surface area contributed by atoms with Gasteiger partial charge in [0.15, 0.2) is 0 Å². The molecule has 0 amide bonds. The number of nitrogens with one attached hydrogen (secondary N) is 1. The van der Waals surface area contributed by atoms with Gasteiger partial charge in [0.25, 0.3) is 0 Å². The minimum atomic E-state index is -0.472. The fraction of sp³-hybridized carbons (Fsp3) is 0.556. The van der Waals surface area contributed by atoms with Crippen molar-refractivity contribution in [1.29, 1.82) is 0 Å². The summed E-state index contributed by atoms with van der Waals surface area (Å²) in [5, 5.41) is 13.1. The second kappa shape index (κ2) is 9.59. The summed E-state index contributed by atoms with van der Waals surface area (Å²) in [5.41, 5.74) is 1.07. The predicted molar refractivity (Wildman–Crippen MR) is 89.6 cm³/mol. The van der Waals surface area contributed by atoms with E-state index in [-0.39, 0.29) is 12.1 Å². The topological polar surface area (TPSA) is 41.5 Å². The Morgan fingerprint density at radius 2 is 1.90 bits per heavy atom. The zero-order valence-corrected chi connectivity index (χ0v) is 13.7. The van der Waals surface area contributed by atoms with E-state index >= 15 is 0 Å². The molecule has 1 aromatic rings. The lowest BCUT2D eigenvalue weighted by molar-refractivity contribution is 0.174. The third-order valence-corrected chi connectivity index (χ3v) is 3.62. The van der Waals surface area contributed by atoms with Gasteiger partial charge in [-0.2, -0.15) is 0 Å². The fourth-order valence-corrected chi connectivity index (χ4v) is 2.32. The SMILES string of the molecule is CCCC(C)Oc1ccc(/C=C/[C@H](O)[C@@H](CC)NC)cc1. The Balaban J connectivity index is 2.58. The van der Waals surface area contributed by atoms with Crippen molar-refractivity contribution in [2.24, 2.45) is 0 Å². The molecule has 21 heavy (non-hydrogen) atoms. The standard InChI is InChI=1S/C18H29NO2/c1-5-7-14(3)21-16-11-8-15(9-12-16)10-13-18(20)17(6-2)19-4/h8-14,17-20H,5-7H2,1-4H3/b13-10+/t14?,17-,18+/m1/s1. The normalized spacial score (nSPS) is 15.9. The highest BCUT2D eigenvalue weighted by Gasteiger charge is 2.11. The van der Waals surface area contributed by atoms with E-state index in [2.05, 4.69) is 26.1 Å². The van der Waals surface area contributed by atoms with Gasteiger partial charge in [-0.1, -0.05) is 44.6 Å². The van der Waals surface area contributed by atoms with Crippen LogP contribution in [-0.2, 0) is 0 Å². The molecular weight excluding hydrogens is 262 g/mol. The van der Waals surface area contributed by atoms with Crippen LogP contribution in [0.1, 0.15) is 45.6 Å². The molecule has 0 fully saturated rings. The molecule has 1 rings (SSSR count). The Hall–Kier alpha value is -1.32. The summed E-state index contributed by atoms with van der Waals surface area (Å²) in [7, 11) is 1.87. The summed E-state index contributed by atoms with van der Waals surface area (Å²) in [6.07, 6.45) is 6.65. The van der Waals surface area contributed by atoms with Gasteiger partial charge in [-0.3, -0.25) is 0 Å². The molecule has 118 valence electrons. The molecule has 0 spiro atoms. The highest BCUT2D eigenvalue weighted by atomic mass is 16.5. The van der Waals surface area contributed by atoms with Crippen molar-refractivity contribution in [2.75, 3.05) is 7.05 Å². The molecular formula is C18H29NO2. The summed E-state index contributed by atoms with van der Waals surface area (Å²) in [4.78, 5) is 0. The van der Waals surface area contributed by atoms with Crippen molar-refractivity contribution in [3.05, 3.63) is 35.9 Å². The van der Waals surface area contributed by atoms with Crippen molar-refractivity contribution < 1.29 is 9.84 Å². The smallest absolute Gasteiger partial charge is 0.119 e. The van der Waals surface area contributed by atoms with E-state index in [4.69, 9.17) is 4.74 Å². The van der Waals surface area contributed by atoms with Crippen LogP contribution in [0.25, 0.3) is 6.08 Å². The Kier molecular flexibility index (Phi) is 8.09. The molecule has 3 nitrogen and oxygen atoms in total. The maximum absolute atomic E-state index is 10.0. The van der Waals surface area contributed by atoms with Crippen LogP contribution in [0.5, 0.6) is 5.75 Å².